The van der Waals surface area contributed by atoms with Crippen molar-refractivity contribution in [3.05, 3.63) is 83.5 Å². The van der Waals surface area contributed by atoms with Crippen LogP contribution in [-0.4, -0.2) is 16.8 Å². The predicted octanol–water partition coefficient (Wildman–Crippen LogP) is 5.17. The van der Waals surface area contributed by atoms with Crippen LogP contribution in [0.4, 0.5) is 11.5 Å². The van der Waals surface area contributed by atoms with Gasteiger partial charge in [-0.05, 0) is 42.0 Å². The van der Waals surface area contributed by atoms with Gasteiger partial charge in [0.05, 0.1) is 5.02 Å². The van der Waals surface area contributed by atoms with E-state index in [1.165, 1.54) is 24.9 Å². The number of rotatable bonds is 6. The van der Waals surface area contributed by atoms with Crippen molar-refractivity contribution in [1.82, 2.24) is 4.98 Å². The van der Waals surface area contributed by atoms with Crippen molar-refractivity contribution >= 4 is 46.7 Å². The summed E-state index contributed by atoms with van der Waals surface area (Å²) in [4.78, 5) is 29.1. The Labute approximate surface area is 172 Å². The van der Waals surface area contributed by atoms with Crippen molar-refractivity contribution in [2.24, 2.45) is 0 Å². The lowest BCUT2D eigenvalue weighted by molar-refractivity contribution is -0.116. The van der Waals surface area contributed by atoms with Gasteiger partial charge < -0.3 is 10.6 Å². The molecule has 3 rings (SSSR count). The minimum absolute atomic E-state index is 0.127. The number of aromatic nitrogens is 1. The van der Waals surface area contributed by atoms with Crippen molar-refractivity contribution in [3.63, 3.8) is 0 Å². The van der Waals surface area contributed by atoms with Gasteiger partial charge in [0.2, 0.25) is 11.8 Å². The Hall–Kier alpha value is -2.83. The van der Waals surface area contributed by atoms with E-state index in [4.69, 9.17) is 11.6 Å². The quantitative estimate of drug-likeness (QED) is 0.549. The number of halogens is 1. The van der Waals surface area contributed by atoms with E-state index in [1.54, 1.807) is 12.1 Å². The normalized spacial score (nSPS) is 11.5. The maximum Gasteiger partial charge on any atom is 0.243 e. The van der Waals surface area contributed by atoms with Crippen molar-refractivity contribution < 1.29 is 9.59 Å². The molecule has 0 radical (unpaired) electrons. The number of pyridine rings is 1. The molecular weight excluding hydrogens is 394 g/mol. The SMILES string of the molecule is CC(=O)Nc1ccc(SC(C(=O)Nc2ccc(Cl)cn2)c2ccccc2)cc1. The van der Waals surface area contributed by atoms with Crippen molar-refractivity contribution in [2.45, 2.75) is 17.1 Å². The second-order valence-electron chi connectivity index (χ2n) is 5.97. The second-order valence-corrected chi connectivity index (χ2v) is 7.58. The van der Waals surface area contributed by atoms with Gasteiger partial charge in [0.1, 0.15) is 11.1 Å². The third-order valence-corrected chi connectivity index (χ3v) is 5.24. The Morgan fingerprint density at radius 2 is 1.68 bits per heavy atom. The molecular formula is C21H18ClN3O2S. The molecule has 0 spiro atoms. The summed E-state index contributed by atoms with van der Waals surface area (Å²) < 4.78 is 0. The first-order valence-corrected chi connectivity index (χ1v) is 9.79. The smallest absolute Gasteiger partial charge is 0.243 e. The average Bonchev–Trinajstić information content (AvgIpc) is 2.69. The summed E-state index contributed by atoms with van der Waals surface area (Å²) in [5.74, 6) is 0.131. The minimum atomic E-state index is -0.467. The molecule has 1 unspecified atom stereocenters. The lowest BCUT2D eigenvalue weighted by atomic mass is 10.1. The first-order chi connectivity index (χ1) is 13.5. The van der Waals surface area contributed by atoms with Crippen LogP contribution in [0.1, 0.15) is 17.7 Å². The Kier molecular flexibility index (Phi) is 6.68. The van der Waals surface area contributed by atoms with Gasteiger partial charge in [0.25, 0.3) is 0 Å². The monoisotopic (exact) mass is 411 g/mol. The molecule has 0 saturated heterocycles. The molecule has 0 bridgehead atoms. The van der Waals surface area contributed by atoms with Crippen LogP contribution in [0, 0.1) is 0 Å². The maximum absolute atomic E-state index is 13.0. The first-order valence-electron chi connectivity index (χ1n) is 8.53. The minimum Gasteiger partial charge on any atom is -0.326 e. The van der Waals surface area contributed by atoms with Crippen molar-refractivity contribution in [3.8, 4) is 0 Å². The lowest BCUT2D eigenvalue weighted by Crippen LogP contribution is -2.19. The number of nitrogens with zero attached hydrogens (tertiary/aromatic N) is 1. The molecule has 2 N–H and O–H groups in total. The topological polar surface area (TPSA) is 71.1 Å². The number of anilines is 2. The zero-order chi connectivity index (χ0) is 19.9. The number of amides is 2. The summed E-state index contributed by atoms with van der Waals surface area (Å²) in [5.41, 5.74) is 1.59. The highest BCUT2D eigenvalue weighted by molar-refractivity contribution is 8.00. The van der Waals surface area contributed by atoms with Crippen LogP contribution < -0.4 is 10.6 Å². The highest BCUT2D eigenvalue weighted by Crippen LogP contribution is 2.36. The van der Waals surface area contributed by atoms with Gasteiger partial charge in [-0.15, -0.1) is 11.8 Å². The summed E-state index contributed by atoms with van der Waals surface area (Å²) in [6.07, 6.45) is 1.49. The largest absolute Gasteiger partial charge is 0.326 e. The number of hydrogen-bond donors (Lipinski definition) is 2. The van der Waals surface area contributed by atoms with Crippen LogP contribution in [0.3, 0.4) is 0 Å². The highest BCUT2D eigenvalue weighted by Gasteiger charge is 2.22. The Bertz CT molecular complexity index is 948. The fraction of sp³-hybridized carbons (Fsp3) is 0.0952. The number of carbonyl (C=O) groups excluding carboxylic acids is 2. The van der Waals surface area contributed by atoms with Crippen LogP contribution in [-0.2, 0) is 9.59 Å². The second kappa shape index (κ2) is 9.39. The number of carbonyl (C=O) groups is 2. The molecule has 0 fully saturated rings. The van der Waals surface area contributed by atoms with Crippen LogP contribution in [0.15, 0.2) is 77.8 Å². The third-order valence-electron chi connectivity index (χ3n) is 3.75. The molecule has 28 heavy (non-hydrogen) atoms. The first kappa shape index (κ1) is 19.9. The summed E-state index contributed by atoms with van der Waals surface area (Å²) in [6.45, 7) is 1.46. The van der Waals surface area contributed by atoms with Crippen LogP contribution in [0.2, 0.25) is 5.02 Å². The molecule has 0 aliphatic heterocycles. The Morgan fingerprint density at radius 3 is 2.29 bits per heavy atom. The number of nitrogens with one attached hydrogen (secondary N) is 2. The lowest BCUT2D eigenvalue weighted by Gasteiger charge is -2.17. The van der Waals surface area contributed by atoms with Gasteiger partial charge >= 0.3 is 0 Å². The summed E-state index contributed by atoms with van der Waals surface area (Å²) in [5, 5.41) is 5.61. The average molecular weight is 412 g/mol. The zero-order valence-electron chi connectivity index (χ0n) is 15.1. The van der Waals surface area contributed by atoms with E-state index >= 15 is 0 Å². The van der Waals surface area contributed by atoms with Gasteiger partial charge in [-0.25, -0.2) is 4.98 Å². The fourth-order valence-electron chi connectivity index (χ4n) is 2.50. The van der Waals surface area contributed by atoms with E-state index in [-0.39, 0.29) is 11.8 Å². The van der Waals surface area contributed by atoms with Crippen molar-refractivity contribution in [2.75, 3.05) is 10.6 Å². The van der Waals surface area contributed by atoms with Gasteiger partial charge in [-0.1, -0.05) is 41.9 Å². The Morgan fingerprint density at radius 1 is 0.964 bits per heavy atom. The molecule has 7 heteroatoms. The van der Waals surface area contributed by atoms with Crippen LogP contribution in [0.5, 0.6) is 0 Å². The molecule has 1 atom stereocenters. The standard InChI is InChI=1S/C21H18ClN3O2S/c1-14(26)24-17-8-10-18(11-9-17)28-20(15-5-3-2-4-6-15)21(27)25-19-12-7-16(22)13-23-19/h2-13,20H,1H3,(H,24,26)(H,23,25,27). The fourth-order valence-corrected chi connectivity index (χ4v) is 3.63. The van der Waals surface area contributed by atoms with E-state index < -0.39 is 5.25 Å². The zero-order valence-corrected chi connectivity index (χ0v) is 16.6. The predicted molar refractivity (Wildman–Crippen MR) is 114 cm³/mol. The van der Waals surface area contributed by atoms with E-state index in [9.17, 15) is 9.59 Å². The third kappa shape index (κ3) is 5.58. The number of benzene rings is 2. The number of thioether (sulfide) groups is 1. The molecule has 142 valence electrons. The van der Waals surface area contributed by atoms with E-state index in [2.05, 4.69) is 15.6 Å². The van der Waals surface area contributed by atoms with E-state index in [1.807, 2.05) is 54.6 Å². The molecule has 0 aliphatic rings. The van der Waals surface area contributed by atoms with Gasteiger partial charge in [0, 0.05) is 23.7 Å². The molecule has 2 amide bonds. The molecule has 5 nitrogen and oxygen atoms in total. The van der Waals surface area contributed by atoms with Gasteiger partial charge in [-0.3, -0.25) is 9.59 Å². The Balaban J connectivity index is 1.80. The van der Waals surface area contributed by atoms with Crippen LogP contribution >= 0.6 is 23.4 Å². The van der Waals surface area contributed by atoms with Gasteiger partial charge in [0.15, 0.2) is 0 Å². The highest BCUT2D eigenvalue weighted by atomic mass is 35.5. The molecule has 1 aromatic heterocycles. The maximum atomic E-state index is 13.0. The molecule has 1 heterocycles. The molecule has 0 aliphatic carbocycles. The summed E-state index contributed by atoms with van der Waals surface area (Å²) in [7, 11) is 0. The molecule has 0 saturated carbocycles. The van der Waals surface area contributed by atoms with Crippen molar-refractivity contribution in [1.29, 1.82) is 0 Å². The van der Waals surface area contributed by atoms with Gasteiger partial charge in [-0.2, -0.15) is 0 Å². The number of hydrogen-bond acceptors (Lipinski definition) is 4. The molecule has 3 aromatic rings. The van der Waals surface area contributed by atoms with Crippen LogP contribution in [0.25, 0.3) is 0 Å². The van der Waals surface area contributed by atoms with E-state index in [0.717, 1.165) is 10.5 Å². The summed E-state index contributed by atoms with van der Waals surface area (Å²) >= 11 is 7.27. The molecule has 2 aromatic carbocycles. The summed E-state index contributed by atoms with van der Waals surface area (Å²) in [6, 6.07) is 20.2. The van der Waals surface area contributed by atoms with E-state index in [0.29, 0.717) is 16.5 Å².